The van der Waals surface area contributed by atoms with Crippen LogP contribution in [0.5, 0.6) is 5.75 Å². The van der Waals surface area contributed by atoms with Gasteiger partial charge >= 0.3 is 5.69 Å². The van der Waals surface area contributed by atoms with Crippen molar-refractivity contribution >= 4 is 16.6 Å². The van der Waals surface area contributed by atoms with Gasteiger partial charge in [-0.05, 0) is 38.3 Å². The van der Waals surface area contributed by atoms with Gasteiger partial charge in [-0.1, -0.05) is 6.92 Å². The average molecular weight is 442 g/mol. The third-order valence-electron chi connectivity index (χ3n) is 7.45. The number of hydrogen-bond acceptors (Lipinski definition) is 6. The second-order valence-electron chi connectivity index (χ2n) is 9.19. The van der Waals surface area contributed by atoms with Gasteiger partial charge in [0, 0.05) is 43.6 Å². The molecule has 0 atom stereocenters. The summed E-state index contributed by atoms with van der Waals surface area (Å²) in [5.74, 6) is 0.127. The lowest BCUT2D eigenvalue weighted by Crippen LogP contribution is -2.59. The van der Waals surface area contributed by atoms with Crippen molar-refractivity contribution in [3.8, 4) is 11.8 Å². The molecule has 0 spiro atoms. The SMILES string of the molecule is CCN(CCC#N)C1(C2CN(c3c(F)cc4c(=O)[nH]c(=O)n(C5CC5)c4c3OC)C2)CC1. The highest BCUT2D eigenvalue weighted by atomic mass is 19.1. The van der Waals surface area contributed by atoms with Crippen LogP contribution in [0.3, 0.4) is 0 Å². The monoisotopic (exact) mass is 441 g/mol. The highest BCUT2D eigenvalue weighted by molar-refractivity contribution is 5.91. The zero-order valence-electron chi connectivity index (χ0n) is 18.5. The number of nitrogens with zero attached hydrogens (tertiary/aromatic N) is 4. The summed E-state index contributed by atoms with van der Waals surface area (Å²) in [6.45, 7) is 5.13. The maximum absolute atomic E-state index is 15.3. The van der Waals surface area contributed by atoms with Crippen LogP contribution in [-0.2, 0) is 0 Å². The number of nitriles is 1. The van der Waals surface area contributed by atoms with E-state index < -0.39 is 17.1 Å². The Morgan fingerprint density at radius 2 is 2.06 bits per heavy atom. The average Bonchev–Trinajstić information content (AvgIpc) is 3.64. The van der Waals surface area contributed by atoms with Gasteiger partial charge in [0.25, 0.3) is 5.56 Å². The van der Waals surface area contributed by atoms with Gasteiger partial charge in [0.15, 0.2) is 11.6 Å². The highest BCUT2D eigenvalue weighted by Crippen LogP contribution is 2.53. The quantitative estimate of drug-likeness (QED) is 0.676. The van der Waals surface area contributed by atoms with Crippen LogP contribution in [0, 0.1) is 23.1 Å². The van der Waals surface area contributed by atoms with E-state index >= 15 is 4.39 Å². The van der Waals surface area contributed by atoms with Crippen LogP contribution in [0.2, 0.25) is 0 Å². The first kappa shape index (κ1) is 21.0. The number of benzene rings is 1. The van der Waals surface area contributed by atoms with Gasteiger partial charge < -0.3 is 9.64 Å². The van der Waals surface area contributed by atoms with Crippen molar-refractivity contribution in [3.63, 3.8) is 0 Å². The number of methoxy groups -OCH3 is 1. The number of rotatable bonds is 8. The summed E-state index contributed by atoms with van der Waals surface area (Å²) in [4.78, 5) is 31.7. The fourth-order valence-electron chi connectivity index (χ4n) is 5.51. The molecule has 32 heavy (non-hydrogen) atoms. The third-order valence-corrected chi connectivity index (χ3v) is 7.45. The lowest BCUT2D eigenvalue weighted by atomic mass is 9.86. The molecule has 1 N–H and O–H groups in total. The summed E-state index contributed by atoms with van der Waals surface area (Å²) in [6, 6.07) is 3.47. The van der Waals surface area contributed by atoms with Crippen molar-refractivity contribution in [2.24, 2.45) is 5.92 Å². The fraction of sp³-hybridized carbons (Fsp3) is 0.609. The molecule has 0 radical (unpaired) electrons. The number of H-pyrrole nitrogens is 1. The first-order chi connectivity index (χ1) is 15.4. The molecule has 0 amide bonds. The van der Waals surface area contributed by atoms with Gasteiger partial charge in [-0.25, -0.2) is 9.18 Å². The second kappa shape index (κ2) is 7.62. The molecule has 0 unspecified atom stereocenters. The van der Waals surface area contributed by atoms with Gasteiger partial charge in [-0.2, -0.15) is 5.26 Å². The Morgan fingerprint density at radius 1 is 1.34 bits per heavy atom. The second-order valence-corrected chi connectivity index (χ2v) is 9.19. The molecule has 3 aliphatic rings. The predicted octanol–water partition coefficient (Wildman–Crippen LogP) is 2.38. The number of anilines is 1. The van der Waals surface area contributed by atoms with Crippen molar-refractivity contribution in [2.45, 2.75) is 50.6 Å². The molecule has 2 heterocycles. The first-order valence-electron chi connectivity index (χ1n) is 11.4. The molecule has 8 nitrogen and oxygen atoms in total. The zero-order chi connectivity index (χ0) is 22.6. The smallest absolute Gasteiger partial charge is 0.329 e. The van der Waals surface area contributed by atoms with Crippen LogP contribution in [0.15, 0.2) is 15.7 Å². The number of nitrogens with one attached hydrogen (secondary N) is 1. The topological polar surface area (TPSA) is 94.4 Å². The number of ether oxygens (including phenoxy) is 1. The van der Waals surface area contributed by atoms with E-state index in [-0.39, 0.29) is 22.7 Å². The molecular weight excluding hydrogens is 413 g/mol. The van der Waals surface area contributed by atoms with E-state index in [1.165, 1.54) is 13.2 Å². The molecule has 0 bridgehead atoms. The fourth-order valence-corrected chi connectivity index (χ4v) is 5.51. The van der Waals surface area contributed by atoms with E-state index in [4.69, 9.17) is 10.00 Å². The van der Waals surface area contributed by atoms with Crippen LogP contribution in [0.4, 0.5) is 10.1 Å². The van der Waals surface area contributed by atoms with Gasteiger partial charge in [0.05, 0.1) is 18.6 Å². The first-order valence-corrected chi connectivity index (χ1v) is 11.4. The largest absolute Gasteiger partial charge is 0.492 e. The van der Waals surface area contributed by atoms with Crippen molar-refractivity contribution in [1.82, 2.24) is 14.5 Å². The third kappa shape index (κ3) is 3.12. The summed E-state index contributed by atoms with van der Waals surface area (Å²) < 4.78 is 22.5. The number of fused-ring (bicyclic) bond motifs is 1. The molecule has 1 aliphatic heterocycles. The predicted molar refractivity (Wildman–Crippen MR) is 119 cm³/mol. The maximum atomic E-state index is 15.3. The van der Waals surface area contributed by atoms with Crippen molar-refractivity contribution in [1.29, 1.82) is 5.26 Å². The van der Waals surface area contributed by atoms with Crippen LogP contribution in [0.1, 0.15) is 45.1 Å². The maximum Gasteiger partial charge on any atom is 0.329 e. The normalized spacial score (nSPS) is 19.8. The number of aromatic amines is 1. The number of halogens is 1. The van der Waals surface area contributed by atoms with Gasteiger partial charge in [0.1, 0.15) is 11.2 Å². The Labute approximate surface area is 185 Å². The molecule has 5 rings (SSSR count). The molecule has 1 aromatic heterocycles. The van der Waals surface area contributed by atoms with Crippen molar-refractivity contribution in [2.75, 3.05) is 38.2 Å². The van der Waals surface area contributed by atoms with Crippen LogP contribution < -0.4 is 20.9 Å². The summed E-state index contributed by atoms with van der Waals surface area (Å²) in [7, 11) is 1.46. The Morgan fingerprint density at radius 3 is 2.62 bits per heavy atom. The Kier molecular flexibility index (Phi) is 5.01. The van der Waals surface area contributed by atoms with E-state index in [0.29, 0.717) is 36.6 Å². The Balaban J connectivity index is 1.51. The highest BCUT2D eigenvalue weighted by Gasteiger charge is 2.57. The molecule has 9 heteroatoms. The van der Waals surface area contributed by atoms with Gasteiger partial charge in [0.2, 0.25) is 0 Å². The minimum Gasteiger partial charge on any atom is -0.492 e. The molecule has 3 fully saturated rings. The van der Waals surface area contributed by atoms with Crippen LogP contribution in [0.25, 0.3) is 10.9 Å². The van der Waals surface area contributed by atoms with E-state index in [1.807, 2.05) is 4.90 Å². The van der Waals surface area contributed by atoms with E-state index in [9.17, 15) is 9.59 Å². The molecule has 1 saturated heterocycles. The Hall–Kier alpha value is -2.86. The molecular formula is C23H28FN5O3. The molecule has 170 valence electrons. The standard InChI is InChI=1S/C23H28FN5O3/c1-3-28(10-4-9-25)23(7-8-23)14-12-27(13-14)19-17(24)11-16-18(20(19)32-2)29(15-5-6-15)22(31)26-21(16)30/h11,14-15H,3-8,10,12-13H2,1-2H3,(H,26,30,31). The summed E-state index contributed by atoms with van der Waals surface area (Å²) in [5.41, 5.74) is -0.272. The minimum absolute atomic E-state index is 0.00572. The van der Waals surface area contributed by atoms with Crippen molar-refractivity contribution < 1.29 is 9.13 Å². The summed E-state index contributed by atoms with van der Waals surface area (Å²) >= 11 is 0. The van der Waals surface area contributed by atoms with E-state index in [0.717, 1.165) is 38.8 Å². The molecule has 2 aliphatic carbocycles. The number of hydrogen-bond donors (Lipinski definition) is 1. The summed E-state index contributed by atoms with van der Waals surface area (Å²) in [6.07, 6.45) is 4.39. The van der Waals surface area contributed by atoms with Crippen molar-refractivity contribution in [3.05, 3.63) is 32.7 Å². The van der Waals surface area contributed by atoms with Gasteiger partial charge in [-0.3, -0.25) is 19.2 Å². The van der Waals surface area contributed by atoms with Crippen LogP contribution in [-0.4, -0.2) is 53.3 Å². The van der Waals surface area contributed by atoms with Gasteiger partial charge in [-0.15, -0.1) is 0 Å². The summed E-state index contributed by atoms with van der Waals surface area (Å²) in [5, 5.41) is 9.13. The zero-order valence-corrected chi connectivity index (χ0v) is 18.5. The van der Waals surface area contributed by atoms with E-state index in [1.54, 1.807) is 4.57 Å². The Bertz CT molecular complexity index is 1220. The van der Waals surface area contributed by atoms with Crippen LogP contribution >= 0.6 is 0 Å². The molecule has 2 saturated carbocycles. The lowest BCUT2D eigenvalue weighted by Gasteiger charge is -2.49. The number of aromatic nitrogens is 2. The molecule has 2 aromatic rings. The molecule has 1 aromatic carbocycles. The lowest BCUT2D eigenvalue weighted by molar-refractivity contribution is 0.109. The minimum atomic E-state index is -0.597. The van der Waals surface area contributed by atoms with E-state index in [2.05, 4.69) is 22.9 Å².